The monoisotopic (exact) mass is 240 g/mol. The van der Waals surface area contributed by atoms with E-state index in [2.05, 4.69) is 49.4 Å². The van der Waals surface area contributed by atoms with Gasteiger partial charge in [0, 0.05) is 0 Å². The summed E-state index contributed by atoms with van der Waals surface area (Å²) in [5.74, 6) is 0.587. The van der Waals surface area contributed by atoms with Gasteiger partial charge in [0.05, 0.1) is 6.61 Å². The summed E-state index contributed by atoms with van der Waals surface area (Å²) >= 11 is 0. The van der Waals surface area contributed by atoms with E-state index >= 15 is 0 Å². The van der Waals surface area contributed by atoms with Crippen molar-refractivity contribution in [2.45, 2.75) is 32.3 Å². The lowest BCUT2D eigenvalue weighted by atomic mass is 9.94. The molecule has 18 heavy (non-hydrogen) atoms. The third kappa shape index (κ3) is 3.44. The number of hydrogen-bond donors (Lipinski definition) is 1. The third-order valence-electron chi connectivity index (χ3n) is 3.44. The zero-order valence-electron chi connectivity index (χ0n) is 10.8. The van der Waals surface area contributed by atoms with Crippen molar-refractivity contribution >= 4 is 0 Å². The van der Waals surface area contributed by atoms with Gasteiger partial charge in [0.15, 0.2) is 0 Å². The molecule has 0 saturated carbocycles. The number of benzene rings is 2. The lowest BCUT2D eigenvalue weighted by Crippen LogP contribution is -1.96. The summed E-state index contributed by atoms with van der Waals surface area (Å²) in [4.78, 5) is 0. The van der Waals surface area contributed by atoms with Gasteiger partial charge in [-0.1, -0.05) is 61.5 Å². The van der Waals surface area contributed by atoms with Crippen LogP contribution in [0.15, 0.2) is 54.6 Å². The van der Waals surface area contributed by atoms with Gasteiger partial charge >= 0.3 is 0 Å². The summed E-state index contributed by atoms with van der Waals surface area (Å²) in [6.07, 6.45) is 2.24. The maximum atomic E-state index is 9.00. The van der Waals surface area contributed by atoms with Gasteiger partial charge in [-0.2, -0.15) is 0 Å². The Bertz CT molecular complexity index is 459. The van der Waals surface area contributed by atoms with E-state index in [0.717, 1.165) is 18.4 Å². The predicted octanol–water partition coefficient (Wildman–Crippen LogP) is 3.92. The number of hydrogen-bond acceptors (Lipinski definition) is 1. The molecule has 0 aromatic heterocycles. The quantitative estimate of drug-likeness (QED) is 0.840. The second kappa shape index (κ2) is 6.36. The van der Waals surface area contributed by atoms with Crippen LogP contribution >= 0.6 is 0 Å². The first-order chi connectivity index (χ1) is 8.79. The highest BCUT2D eigenvalue weighted by molar-refractivity contribution is 5.23. The standard InChI is InChI=1S/C17H20O/c1-14(17-5-3-2-4-6-17)7-8-15-9-11-16(13-18)12-10-15/h2-6,9-12,14,18H,7-8,13H2,1H3. The molecule has 0 bridgehead atoms. The van der Waals surface area contributed by atoms with Crippen LogP contribution in [0.4, 0.5) is 0 Å². The van der Waals surface area contributed by atoms with Crippen molar-refractivity contribution in [2.24, 2.45) is 0 Å². The molecule has 0 radical (unpaired) electrons. The topological polar surface area (TPSA) is 20.2 Å². The molecule has 2 aromatic carbocycles. The summed E-state index contributed by atoms with van der Waals surface area (Å²) in [5, 5.41) is 9.00. The molecule has 1 nitrogen and oxygen atoms in total. The van der Waals surface area contributed by atoms with Gasteiger partial charge < -0.3 is 5.11 Å². The van der Waals surface area contributed by atoms with E-state index in [9.17, 15) is 0 Å². The second-order valence-corrected chi connectivity index (χ2v) is 4.83. The lowest BCUT2D eigenvalue weighted by Gasteiger charge is -2.11. The molecule has 1 heteroatoms. The number of aliphatic hydroxyl groups excluding tert-OH is 1. The van der Waals surface area contributed by atoms with E-state index in [1.54, 1.807) is 0 Å². The summed E-state index contributed by atoms with van der Waals surface area (Å²) < 4.78 is 0. The minimum atomic E-state index is 0.126. The predicted molar refractivity (Wildman–Crippen MR) is 75.5 cm³/mol. The highest BCUT2D eigenvalue weighted by atomic mass is 16.3. The van der Waals surface area contributed by atoms with E-state index in [1.165, 1.54) is 11.1 Å². The molecule has 0 aliphatic heterocycles. The first kappa shape index (κ1) is 12.8. The average Bonchev–Trinajstić information content (AvgIpc) is 2.46. The van der Waals surface area contributed by atoms with Crippen molar-refractivity contribution in [3.63, 3.8) is 0 Å². The van der Waals surface area contributed by atoms with Gasteiger partial charge in [0.2, 0.25) is 0 Å². The second-order valence-electron chi connectivity index (χ2n) is 4.83. The van der Waals surface area contributed by atoms with Crippen molar-refractivity contribution in [2.75, 3.05) is 0 Å². The van der Waals surface area contributed by atoms with Gasteiger partial charge in [-0.05, 0) is 35.4 Å². The van der Waals surface area contributed by atoms with Gasteiger partial charge in [0.1, 0.15) is 0 Å². The van der Waals surface area contributed by atoms with Gasteiger partial charge in [-0.3, -0.25) is 0 Å². The lowest BCUT2D eigenvalue weighted by molar-refractivity contribution is 0.282. The molecular weight excluding hydrogens is 220 g/mol. The Kier molecular flexibility index (Phi) is 4.54. The molecule has 0 spiro atoms. The van der Waals surface area contributed by atoms with Crippen molar-refractivity contribution < 1.29 is 5.11 Å². The van der Waals surface area contributed by atoms with Crippen molar-refractivity contribution in [1.82, 2.24) is 0 Å². The first-order valence-electron chi connectivity index (χ1n) is 6.53. The van der Waals surface area contributed by atoms with Crippen LogP contribution in [0.5, 0.6) is 0 Å². The number of aryl methyl sites for hydroxylation is 1. The molecule has 0 aliphatic rings. The van der Waals surface area contributed by atoms with Crippen LogP contribution in [0, 0.1) is 0 Å². The third-order valence-corrected chi connectivity index (χ3v) is 3.44. The van der Waals surface area contributed by atoms with E-state index in [0.29, 0.717) is 5.92 Å². The molecule has 2 aromatic rings. The van der Waals surface area contributed by atoms with E-state index in [-0.39, 0.29) is 6.61 Å². The largest absolute Gasteiger partial charge is 0.392 e. The fraction of sp³-hybridized carbons (Fsp3) is 0.294. The van der Waals surface area contributed by atoms with Crippen LogP contribution in [0.1, 0.15) is 36.0 Å². The molecule has 0 heterocycles. The molecule has 2 rings (SSSR count). The van der Waals surface area contributed by atoms with Crippen LogP contribution in [0.2, 0.25) is 0 Å². The molecule has 1 unspecified atom stereocenters. The highest BCUT2D eigenvalue weighted by Gasteiger charge is 2.05. The molecule has 1 N–H and O–H groups in total. The minimum absolute atomic E-state index is 0.126. The molecule has 1 atom stereocenters. The van der Waals surface area contributed by atoms with Crippen LogP contribution < -0.4 is 0 Å². The van der Waals surface area contributed by atoms with Gasteiger partial charge in [-0.25, -0.2) is 0 Å². The van der Waals surface area contributed by atoms with E-state index in [1.807, 2.05) is 12.1 Å². The average molecular weight is 240 g/mol. The van der Waals surface area contributed by atoms with Crippen LogP contribution in [-0.4, -0.2) is 5.11 Å². The molecule has 0 saturated heterocycles. The Morgan fingerprint density at radius 2 is 1.50 bits per heavy atom. The van der Waals surface area contributed by atoms with E-state index < -0.39 is 0 Å². The normalized spacial score (nSPS) is 12.3. The Hall–Kier alpha value is -1.60. The maximum absolute atomic E-state index is 9.00. The minimum Gasteiger partial charge on any atom is -0.392 e. The zero-order chi connectivity index (χ0) is 12.8. The Balaban J connectivity index is 1.91. The molecular formula is C17H20O. The fourth-order valence-electron chi connectivity index (χ4n) is 2.14. The maximum Gasteiger partial charge on any atom is 0.0681 e. The SMILES string of the molecule is CC(CCc1ccc(CO)cc1)c1ccccc1. The summed E-state index contributed by atoms with van der Waals surface area (Å²) in [6, 6.07) is 18.9. The first-order valence-corrected chi connectivity index (χ1v) is 6.53. The zero-order valence-corrected chi connectivity index (χ0v) is 10.8. The Morgan fingerprint density at radius 3 is 2.11 bits per heavy atom. The smallest absolute Gasteiger partial charge is 0.0681 e. The molecule has 0 fully saturated rings. The highest BCUT2D eigenvalue weighted by Crippen LogP contribution is 2.20. The van der Waals surface area contributed by atoms with Crippen LogP contribution in [0.3, 0.4) is 0 Å². The molecule has 0 aliphatic carbocycles. The van der Waals surface area contributed by atoms with Crippen molar-refractivity contribution in [3.05, 3.63) is 71.3 Å². The molecule has 94 valence electrons. The summed E-state index contributed by atoms with van der Waals surface area (Å²) in [5.41, 5.74) is 3.73. The van der Waals surface area contributed by atoms with Crippen molar-refractivity contribution in [1.29, 1.82) is 0 Å². The van der Waals surface area contributed by atoms with E-state index in [4.69, 9.17) is 5.11 Å². The van der Waals surface area contributed by atoms with Gasteiger partial charge in [0.25, 0.3) is 0 Å². The van der Waals surface area contributed by atoms with Crippen LogP contribution in [0.25, 0.3) is 0 Å². The summed E-state index contributed by atoms with van der Waals surface area (Å²) in [6.45, 7) is 2.40. The fourth-order valence-corrected chi connectivity index (χ4v) is 2.14. The van der Waals surface area contributed by atoms with Crippen LogP contribution in [-0.2, 0) is 13.0 Å². The van der Waals surface area contributed by atoms with Crippen molar-refractivity contribution in [3.8, 4) is 0 Å². The summed E-state index contributed by atoms with van der Waals surface area (Å²) in [7, 11) is 0. The number of rotatable bonds is 5. The Morgan fingerprint density at radius 1 is 0.889 bits per heavy atom. The molecule has 0 amide bonds. The Labute approximate surface area is 109 Å². The number of aliphatic hydroxyl groups is 1. The van der Waals surface area contributed by atoms with Gasteiger partial charge in [-0.15, -0.1) is 0 Å².